The Kier molecular flexibility index (Phi) is 11.0. The van der Waals surface area contributed by atoms with E-state index in [0.717, 1.165) is 72.4 Å². The number of aromatic nitrogens is 1. The Bertz CT molecular complexity index is 1450. The molecule has 2 atom stereocenters. The van der Waals surface area contributed by atoms with Gasteiger partial charge in [0.15, 0.2) is 0 Å². The van der Waals surface area contributed by atoms with Crippen LogP contribution in [0.1, 0.15) is 128 Å². The molecule has 1 aromatic heterocycles. The van der Waals surface area contributed by atoms with Crippen molar-refractivity contribution >= 4 is 17.2 Å². The van der Waals surface area contributed by atoms with Gasteiger partial charge in [0.2, 0.25) is 0 Å². The van der Waals surface area contributed by atoms with Gasteiger partial charge in [-0.3, -0.25) is 9.78 Å². The third kappa shape index (κ3) is 7.62. The minimum Gasteiger partial charge on any atom is -0.397 e. The maximum Gasteiger partial charge on any atom is 0.256 e. The molecule has 0 spiro atoms. The quantitative estimate of drug-likeness (QED) is 0.305. The number of fused-ring (bicyclic) bond motifs is 1. The first kappa shape index (κ1) is 32.0. The molecule has 0 saturated heterocycles. The van der Waals surface area contributed by atoms with Gasteiger partial charge in [0, 0.05) is 29.2 Å². The Hall–Kier alpha value is -3.40. The van der Waals surface area contributed by atoms with Gasteiger partial charge in [-0.05, 0) is 103 Å². The smallest absolute Gasteiger partial charge is 0.256 e. The fourth-order valence-corrected chi connectivity index (χ4v) is 7.59. The average molecular weight is 592 g/mol. The topological polar surface area (TPSA) is 68.0 Å². The van der Waals surface area contributed by atoms with Gasteiger partial charge in [-0.15, -0.1) is 0 Å². The number of carbonyl (C=O) groups is 1. The minimum atomic E-state index is 0.00222. The van der Waals surface area contributed by atoms with Crippen LogP contribution in [0.15, 0.2) is 77.3 Å². The van der Waals surface area contributed by atoms with Crippen molar-refractivity contribution in [3.63, 3.8) is 0 Å². The summed E-state index contributed by atoms with van der Waals surface area (Å²) in [6.45, 7) is 9.10. The molecule has 44 heavy (non-hydrogen) atoms. The molecule has 0 radical (unpaired) electrons. The van der Waals surface area contributed by atoms with Crippen molar-refractivity contribution in [3.05, 3.63) is 88.4 Å². The lowest BCUT2D eigenvalue weighted by Gasteiger charge is -2.29. The first-order chi connectivity index (χ1) is 21.4. The lowest BCUT2D eigenvalue weighted by atomic mass is 9.76. The molecule has 4 nitrogen and oxygen atoms in total. The van der Waals surface area contributed by atoms with Crippen molar-refractivity contribution in [2.75, 3.05) is 5.73 Å². The Morgan fingerprint density at radius 3 is 2.50 bits per heavy atom. The predicted octanol–water partition coefficient (Wildman–Crippen LogP) is 10.4. The van der Waals surface area contributed by atoms with Gasteiger partial charge in [0.05, 0.1) is 5.69 Å². The van der Waals surface area contributed by atoms with Crippen LogP contribution < -0.4 is 11.1 Å². The SMILES string of the molecule is CCC1=C(CCCC2CCCCC2)C=CC(NC(=O)C2=C(CC)CCC(C)C(C)c3ccc(-c4cncc(N)c4)cc32)=CC1. The summed E-state index contributed by atoms with van der Waals surface area (Å²) in [6.07, 6.45) is 25.8. The first-order valence-electron chi connectivity index (χ1n) is 17.4. The van der Waals surface area contributed by atoms with Gasteiger partial charge in [0.1, 0.15) is 0 Å². The fourth-order valence-electron chi connectivity index (χ4n) is 7.59. The van der Waals surface area contributed by atoms with E-state index in [-0.39, 0.29) is 5.91 Å². The normalized spacial score (nSPS) is 21.3. The summed E-state index contributed by atoms with van der Waals surface area (Å²) in [5.74, 6) is 1.81. The van der Waals surface area contributed by atoms with E-state index in [0.29, 0.717) is 17.5 Å². The number of hydrogen-bond acceptors (Lipinski definition) is 3. The summed E-state index contributed by atoms with van der Waals surface area (Å²) in [5, 5.41) is 3.37. The highest BCUT2D eigenvalue weighted by atomic mass is 16.1. The molecule has 0 aliphatic heterocycles. The number of rotatable bonds is 9. The van der Waals surface area contributed by atoms with Crippen LogP contribution in [0, 0.1) is 11.8 Å². The largest absolute Gasteiger partial charge is 0.397 e. The maximum atomic E-state index is 14.4. The van der Waals surface area contributed by atoms with Crippen LogP contribution in [-0.2, 0) is 4.79 Å². The van der Waals surface area contributed by atoms with Crippen LogP contribution in [0.4, 0.5) is 5.69 Å². The Balaban J connectivity index is 1.40. The second kappa shape index (κ2) is 15.1. The molecule has 2 unspecified atom stereocenters. The van der Waals surface area contributed by atoms with Crippen molar-refractivity contribution in [1.29, 1.82) is 0 Å². The molecule has 5 rings (SSSR count). The van der Waals surface area contributed by atoms with Crippen molar-refractivity contribution in [3.8, 4) is 11.1 Å². The van der Waals surface area contributed by atoms with E-state index in [9.17, 15) is 4.79 Å². The summed E-state index contributed by atoms with van der Waals surface area (Å²) in [5.41, 5.74) is 17.0. The zero-order valence-electron chi connectivity index (χ0n) is 27.6. The summed E-state index contributed by atoms with van der Waals surface area (Å²) in [6, 6.07) is 8.54. The van der Waals surface area contributed by atoms with Crippen molar-refractivity contribution in [2.45, 2.75) is 117 Å². The van der Waals surface area contributed by atoms with Gasteiger partial charge >= 0.3 is 0 Å². The molecule has 2 aromatic rings. The molecule has 3 aliphatic carbocycles. The molecule has 1 saturated carbocycles. The standard InChI is InChI=1S/C40H53N3O/c1-5-30-17-20-36(21-18-32(30)14-10-13-29-11-8-7-9-12-29)43-40(44)39-31(6-2)16-15-27(3)28(4)37-22-19-33(24-38(37)39)34-23-35(41)26-42-25-34/h18-29H,5-17,41H2,1-4H3,(H,43,44). The number of nitrogens with zero attached hydrogens (tertiary/aromatic N) is 1. The van der Waals surface area contributed by atoms with Gasteiger partial charge in [-0.1, -0.05) is 102 Å². The molecule has 4 heteroatoms. The number of pyridine rings is 1. The van der Waals surface area contributed by atoms with Crippen LogP contribution in [0.2, 0.25) is 0 Å². The van der Waals surface area contributed by atoms with Crippen molar-refractivity contribution in [1.82, 2.24) is 10.3 Å². The van der Waals surface area contributed by atoms with Crippen LogP contribution in [0.5, 0.6) is 0 Å². The fraction of sp³-hybridized carbons (Fsp3) is 0.500. The molecular weight excluding hydrogens is 538 g/mol. The van der Waals surface area contributed by atoms with E-state index < -0.39 is 0 Å². The van der Waals surface area contributed by atoms with E-state index in [4.69, 9.17) is 5.73 Å². The molecule has 3 aliphatic rings. The number of carbonyl (C=O) groups excluding carboxylic acids is 1. The maximum absolute atomic E-state index is 14.4. The molecule has 1 amide bonds. The van der Waals surface area contributed by atoms with E-state index >= 15 is 0 Å². The van der Waals surface area contributed by atoms with Gasteiger partial charge in [-0.2, -0.15) is 0 Å². The second-order valence-corrected chi connectivity index (χ2v) is 13.5. The number of allylic oxidation sites excluding steroid dienone is 6. The third-order valence-electron chi connectivity index (χ3n) is 10.6. The van der Waals surface area contributed by atoms with Crippen molar-refractivity contribution in [2.24, 2.45) is 11.8 Å². The van der Waals surface area contributed by atoms with Gasteiger partial charge in [-0.25, -0.2) is 0 Å². The number of benzene rings is 1. The zero-order valence-corrected chi connectivity index (χ0v) is 27.6. The lowest BCUT2D eigenvalue weighted by molar-refractivity contribution is -0.114. The highest BCUT2D eigenvalue weighted by molar-refractivity contribution is 6.21. The molecular formula is C40H53N3O. The monoisotopic (exact) mass is 591 g/mol. The number of hydrogen-bond donors (Lipinski definition) is 2. The molecule has 1 heterocycles. The van der Waals surface area contributed by atoms with Crippen LogP contribution >= 0.6 is 0 Å². The van der Waals surface area contributed by atoms with Crippen LogP contribution in [0.3, 0.4) is 0 Å². The predicted molar refractivity (Wildman–Crippen MR) is 186 cm³/mol. The lowest BCUT2D eigenvalue weighted by Crippen LogP contribution is -2.26. The molecule has 1 aromatic carbocycles. The molecule has 234 valence electrons. The van der Waals surface area contributed by atoms with E-state index in [1.165, 1.54) is 67.2 Å². The first-order valence-corrected chi connectivity index (χ1v) is 17.4. The number of nitrogens with one attached hydrogen (secondary N) is 1. The number of nitrogens with two attached hydrogens (primary N) is 1. The van der Waals surface area contributed by atoms with Crippen LogP contribution in [0.25, 0.3) is 16.7 Å². The Labute approximate surface area is 266 Å². The average Bonchev–Trinajstić information content (AvgIpc) is 3.23. The Morgan fingerprint density at radius 1 is 0.955 bits per heavy atom. The van der Waals surface area contributed by atoms with Gasteiger partial charge in [0.25, 0.3) is 5.91 Å². The van der Waals surface area contributed by atoms with E-state index in [2.05, 4.69) is 74.4 Å². The summed E-state index contributed by atoms with van der Waals surface area (Å²) < 4.78 is 0. The summed E-state index contributed by atoms with van der Waals surface area (Å²) in [4.78, 5) is 18.7. The third-order valence-corrected chi connectivity index (χ3v) is 10.6. The highest BCUT2D eigenvalue weighted by Gasteiger charge is 2.28. The zero-order chi connectivity index (χ0) is 31.1. The number of anilines is 1. The minimum absolute atomic E-state index is 0.00222. The van der Waals surface area contributed by atoms with E-state index in [1.807, 2.05) is 12.3 Å². The van der Waals surface area contributed by atoms with Crippen LogP contribution in [-0.4, -0.2) is 10.9 Å². The summed E-state index contributed by atoms with van der Waals surface area (Å²) >= 11 is 0. The number of amides is 1. The molecule has 1 fully saturated rings. The molecule has 0 bridgehead atoms. The van der Waals surface area contributed by atoms with E-state index in [1.54, 1.807) is 6.20 Å². The second-order valence-electron chi connectivity index (χ2n) is 13.5. The number of nitrogen functional groups attached to an aromatic ring is 1. The van der Waals surface area contributed by atoms with Gasteiger partial charge < -0.3 is 11.1 Å². The van der Waals surface area contributed by atoms with Crippen molar-refractivity contribution < 1.29 is 4.79 Å². The highest BCUT2D eigenvalue weighted by Crippen LogP contribution is 2.41. The Morgan fingerprint density at radius 2 is 1.75 bits per heavy atom. The molecule has 3 N–H and O–H groups in total. The summed E-state index contributed by atoms with van der Waals surface area (Å²) in [7, 11) is 0.